The number of halogens is 1. The second-order valence-electron chi connectivity index (χ2n) is 7.25. The molecule has 8 heteroatoms. The van der Waals surface area contributed by atoms with Gasteiger partial charge >= 0.3 is 0 Å². The van der Waals surface area contributed by atoms with E-state index < -0.39 is 0 Å². The summed E-state index contributed by atoms with van der Waals surface area (Å²) in [4.78, 5) is 21.2. The summed E-state index contributed by atoms with van der Waals surface area (Å²) in [6.07, 6.45) is 4.81. The highest BCUT2D eigenvalue weighted by Crippen LogP contribution is 2.31. The third-order valence-electron chi connectivity index (χ3n) is 5.13. The number of benzene rings is 1. The van der Waals surface area contributed by atoms with Crippen LogP contribution in [-0.4, -0.2) is 69.2 Å². The zero-order valence-corrected chi connectivity index (χ0v) is 19.7. The Bertz CT molecular complexity index is 664. The number of amides is 1. The van der Waals surface area contributed by atoms with Crippen LogP contribution in [0.3, 0.4) is 0 Å². The Morgan fingerprint density at radius 2 is 1.93 bits per heavy atom. The number of aliphatic imine (C=N–C) groups is 1. The summed E-state index contributed by atoms with van der Waals surface area (Å²) < 4.78 is 5.49. The lowest BCUT2D eigenvalue weighted by atomic mass is 10.1. The number of guanidine groups is 1. The predicted molar refractivity (Wildman–Crippen MR) is 129 cm³/mol. The molecule has 0 saturated carbocycles. The van der Waals surface area contributed by atoms with Crippen molar-refractivity contribution in [2.45, 2.75) is 32.6 Å². The molecule has 29 heavy (non-hydrogen) atoms. The van der Waals surface area contributed by atoms with Crippen molar-refractivity contribution in [3.8, 4) is 5.75 Å². The summed E-state index contributed by atoms with van der Waals surface area (Å²) in [5.41, 5.74) is 0.856. The van der Waals surface area contributed by atoms with Gasteiger partial charge in [-0.1, -0.05) is 18.6 Å². The smallest absolute Gasteiger partial charge is 0.265 e. The number of hydrogen-bond donors (Lipinski definition) is 2. The molecule has 0 aliphatic carbocycles. The second-order valence-corrected chi connectivity index (χ2v) is 7.25. The van der Waals surface area contributed by atoms with E-state index in [4.69, 9.17) is 4.74 Å². The van der Waals surface area contributed by atoms with E-state index in [2.05, 4.69) is 27.4 Å². The summed E-state index contributed by atoms with van der Waals surface area (Å²) in [6, 6.07) is 7.70. The minimum atomic E-state index is 0. The SMILES string of the molecule is CCNC(=NCCCN1C(=O)COc2ccccc21)NCCN1CCCCC1.I. The molecule has 2 aliphatic rings. The van der Waals surface area contributed by atoms with Crippen molar-refractivity contribution in [2.24, 2.45) is 4.99 Å². The summed E-state index contributed by atoms with van der Waals surface area (Å²) in [7, 11) is 0. The molecule has 7 nitrogen and oxygen atoms in total. The molecule has 2 aliphatic heterocycles. The van der Waals surface area contributed by atoms with Crippen molar-refractivity contribution in [1.29, 1.82) is 0 Å². The van der Waals surface area contributed by atoms with E-state index in [9.17, 15) is 4.79 Å². The van der Waals surface area contributed by atoms with Gasteiger partial charge in [-0.15, -0.1) is 24.0 Å². The third-order valence-corrected chi connectivity index (χ3v) is 5.13. The van der Waals surface area contributed by atoms with Crippen molar-refractivity contribution >= 4 is 41.5 Å². The molecule has 2 heterocycles. The van der Waals surface area contributed by atoms with Crippen LogP contribution >= 0.6 is 24.0 Å². The molecule has 2 N–H and O–H groups in total. The Morgan fingerprint density at radius 3 is 2.72 bits per heavy atom. The highest BCUT2D eigenvalue weighted by molar-refractivity contribution is 14.0. The highest BCUT2D eigenvalue weighted by Gasteiger charge is 2.24. The van der Waals surface area contributed by atoms with Gasteiger partial charge in [-0.2, -0.15) is 0 Å². The number of rotatable bonds is 8. The minimum Gasteiger partial charge on any atom is -0.482 e. The number of hydrogen-bond acceptors (Lipinski definition) is 4. The van der Waals surface area contributed by atoms with Gasteiger partial charge in [0.2, 0.25) is 0 Å². The topological polar surface area (TPSA) is 69.2 Å². The van der Waals surface area contributed by atoms with Gasteiger partial charge in [0.15, 0.2) is 12.6 Å². The maximum atomic E-state index is 12.2. The number of carbonyl (C=O) groups is 1. The first-order valence-corrected chi connectivity index (χ1v) is 10.5. The summed E-state index contributed by atoms with van der Waals surface area (Å²) in [6.45, 7) is 8.73. The fourth-order valence-corrected chi connectivity index (χ4v) is 3.68. The molecular weight excluding hydrogens is 481 g/mol. The standard InChI is InChI=1S/C21H33N5O2.HI/c1-2-22-21(24-12-16-25-13-6-3-7-14-25)23-11-8-15-26-18-9-4-5-10-19(18)28-17-20(26)27;/h4-5,9-10H,2-3,6-8,11-17H2,1H3,(H2,22,23,24);1H. The van der Waals surface area contributed by atoms with E-state index in [1.807, 2.05) is 29.2 Å². The Labute approximate surface area is 191 Å². The van der Waals surface area contributed by atoms with Crippen molar-refractivity contribution in [3.05, 3.63) is 24.3 Å². The number of fused-ring (bicyclic) bond motifs is 1. The van der Waals surface area contributed by atoms with Gasteiger partial charge in [0.05, 0.1) is 5.69 Å². The number of carbonyl (C=O) groups excluding carboxylic acids is 1. The third kappa shape index (κ3) is 7.33. The van der Waals surface area contributed by atoms with Crippen LogP contribution in [-0.2, 0) is 4.79 Å². The number of anilines is 1. The van der Waals surface area contributed by atoms with Gasteiger partial charge in [-0.05, 0) is 51.4 Å². The van der Waals surface area contributed by atoms with E-state index in [1.165, 1.54) is 32.4 Å². The lowest BCUT2D eigenvalue weighted by Gasteiger charge is -2.29. The molecule has 1 aromatic rings. The highest BCUT2D eigenvalue weighted by atomic mass is 127. The van der Waals surface area contributed by atoms with Crippen molar-refractivity contribution in [3.63, 3.8) is 0 Å². The van der Waals surface area contributed by atoms with Crippen LogP contribution in [0.4, 0.5) is 5.69 Å². The predicted octanol–water partition coefficient (Wildman–Crippen LogP) is 2.46. The fourth-order valence-electron chi connectivity index (χ4n) is 3.68. The lowest BCUT2D eigenvalue weighted by Crippen LogP contribution is -2.43. The van der Waals surface area contributed by atoms with Gasteiger partial charge in [-0.25, -0.2) is 0 Å². The Morgan fingerprint density at radius 1 is 1.14 bits per heavy atom. The van der Waals surface area contributed by atoms with Crippen molar-refractivity contribution in [1.82, 2.24) is 15.5 Å². The van der Waals surface area contributed by atoms with Gasteiger partial charge in [-0.3, -0.25) is 9.79 Å². The van der Waals surface area contributed by atoms with Gasteiger partial charge < -0.3 is 25.2 Å². The Hall–Kier alpha value is -1.55. The average molecular weight is 515 g/mol. The molecule has 162 valence electrons. The van der Waals surface area contributed by atoms with Gasteiger partial charge in [0, 0.05) is 32.7 Å². The quantitative estimate of drug-likeness (QED) is 0.241. The first kappa shape index (κ1) is 23.7. The van der Waals surface area contributed by atoms with Crippen LogP contribution in [0.2, 0.25) is 0 Å². The van der Waals surface area contributed by atoms with Crippen molar-refractivity contribution < 1.29 is 9.53 Å². The van der Waals surface area contributed by atoms with Crippen LogP contribution in [0.15, 0.2) is 29.3 Å². The maximum absolute atomic E-state index is 12.2. The summed E-state index contributed by atoms with van der Waals surface area (Å²) >= 11 is 0. The normalized spacial score (nSPS) is 17.2. The van der Waals surface area contributed by atoms with Crippen molar-refractivity contribution in [2.75, 3.05) is 57.3 Å². The molecule has 0 bridgehead atoms. The molecule has 1 amide bonds. The molecule has 1 saturated heterocycles. The molecule has 0 aromatic heterocycles. The molecule has 0 radical (unpaired) electrons. The zero-order valence-electron chi connectivity index (χ0n) is 17.4. The van der Waals surface area contributed by atoms with E-state index in [0.29, 0.717) is 13.1 Å². The number of nitrogens with one attached hydrogen (secondary N) is 2. The number of para-hydroxylation sites is 2. The Balaban J connectivity index is 0.00000300. The van der Waals surface area contributed by atoms with Crippen LogP contribution in [0.1, 0.15) is 32.6 Å². The second kappa shape index (κ2) is 12.9. The summed E-state index contributed by atoms with van der Waals surface area (Å²) in [5.74, 6) is 1.64. The summed E-state index contributed by atoms with van der Waals surface area (Å²) in [5, 5.41) is 6.73. The molecule has 1 aromatic carbocycles. The van der Waals surface area contributed by atoms with Crippen LogP contribution in [0, 0.1) is 0 Å². The number of likely N-dealkylation sites (tertiary alicyclic amines) is 1. The molecule has 3 rings (SSSR count). The molecule has 0 unspecified atom stereocenters. The minimum absolute atomic E-state index is 0. The van der Waals surface area contributed by atoms with Crippen LogP contribution < -0.4 is 20.3 Å². The number of ether oxygens (including phenoxy) is 1. The monoisotopic (exact) mass is 515 g/mol. The molecule has 0 atom stereocenters. The first-order chi connectivity index (χ1) is 13.8. The van der Waals surface area contributed by atoms with E-state index in [-0.39, 0.29) is 36.5 Å². The van der Waals surface area contributed by atoms with Gasteiger partial charge in [0.1, 0.15) is 5.75 Å². The van der Waals surface area contributed by atoms with E-state index >= 15 is 0 Å². The number of piperidine rings is 1. The molecular formula is C21H34IN5O2. The van der Waals surface area contributed by atoms with Crippen LogP contribution in [0.25, 0.3) is 0 Å². The van der Waals surface area contributed by atoms with Crippen LogP contribution in [0.5, 0.6) is 5.75 Å². The zero-order chi connectivity index (χ0) is 19.6. The van der Waals surface area contributed by atoms with Gasteiger partial charge in [0.25, 0.3) is 5.91 Å². The maximum Gasteiger partial charge on any atom is 0.265 e. The number of nitrogens with zero attached hydrogens (tertiary/aromatic N) is 3. The lowest BCUT2D eigenvalue weighted by molar-refractivity contribution is -0.121. The Kier molecular flexibility index (Phi) is 10.5. The fraction of sp³-hybridized carbons (Fsp3) is 0.619. The van der Waals surface area contributed by atoms with E-state index in [0.717, 1.165) is 43.5 Å². The molecule has 0 spiro atoms. The van der Waals surface area contributed by atoms with E-state index in [1.54, 1.807) is 0 Å². The molecule has 1 fully saturated rings. The largest absolute Gasteiger partial charge is 0.482 e. The first-order valence-electron chi connectivity index (χ1n) is 10.5. The average Bonchev–Trinajstić information content (AvgIpc) is 2.73.